The Balaban J connectivity index is 1.47. The van der Waals surface area contributed by atoms with Crippen LogP contribution in [-0.4, -0.2) is 18.4 Å². The van der Waals surface area contributed by atoms with Gasteiger partial charge in [-0.05, 0) is 61.0 Å². The van der Waals surface area contributed by atoms with Crippen molar-refractivity contribution in [1.29, 1.82) is 0 Å². The molecule has 138 valence electrons. The minimum Gasteiger partial charge on any atom is -0.467 e. The number of aryl methyl sites for hydroxylation is 1. The van der Waals surface area contributed by atoms with Crippen LogP contribution in [0.4, 0.5) is 11.4 Å². The normalized spacial score (nSPS) is 10.3. The molecule has 0 aliphatic rings. The molecule has 3 aromatic rings. The minimum absolute atomic E-state index is 0.137. The van der Waals surface area contributed by atoms with Gasteiger partial charge < -0.3 is 20.4 Å². The second-order valence-electron chi connectivity index (χ2n) is 6.11. The first-order chi connectivity index (χ1) is 13.1. The first kappa shape index (κ1) is 18.3. The van der Waals surface area contributed by atoms with Gasteiger partial charge in [0.15, 0.2) is 0 Å². The molecule has 2 aromatic carbocycles. The first-order valence-corrected chi connectivity index (χ1v) is 8.61. The van der Waals surface area contributed by atoms with Crippen LogP contribution in [0.15, 0.2) is 71.3 Å². The van der Waals surface area contributed by atoms with E-state index in [0.29, 0.717) is 17.9 Å². The van der Waals surface area contributed by atoms with Gasteiger partial charge >= 0.3 is 0 Å². The lowest BCUT2D eigenvalue weighted by molar-refractivity contribution is -0.114. The van der Waals surface area contributed by atoms with Gasteiger partial charge in [-0.3, -0.25) is 9.59 Å². The Bertz CT molecular complexity index is 903. The first-order valence-electron chi connectivity index (χ1n) is 8.61. The summed E-state index contributed by atoms with van der Waals surface area (Å²) in [6, 6.07) is 18.1. The van der Waals surface area contributed by atoms with Crippen LogP contribution in [0.1, 0.15) is 21.7 Å². The van der Waals surface area contributed by atoms with Gasteiger partial charge in [-0.25, -0.2) is 0 Å². The van der Waals surface area contributed by atoms with Crippen molar-refractivity contribution >= 4 is 23.2 Å². The zero-order valence-corrected chi connectivity index (χ0v) is 15.0. The molecule has 6 heteroatoms. The predicted molar refractivity (Wildman–Crippen MR) is 105 cm³/mol. The molecule has 1 heterocycles. The van der Waals surface area contributed by atoms with Crippen molar-refractivity contribution in [2.75, 3.05) is 17.2 Å². The SMILES string of the molecule is Cc1cccc(NC(=O)CNc2ccc(C(=O)NCc3ccco3)cc2)c1. The number of carbonyl (C=O) groups is 2. The van der Waals surface area contributed by atoms with Crippen LogP contribution in [0.3, 0.4) is 0 Å². The fourth-order valence-electron chi connectivity index (χ4n) is 2.53. The highest BCUT2D eigenvalue weighted by Crippen LogP contribution is 2.11. The molecular weight excluding hydrogens is 342 g/mol. The van der Waals surface area contributed by atoms with Gasteiger partial charge in [-0.15, -0.1) is 0 Å². The molecule has 27 heavy (non-hydrogen) atoms. The Morgan fingerprint density at radius 2 is 1.78 bits per heavy atom. The zero-order chi connectivity index (χ0) is 19.1. The summed E-state index contributed by atoms with van der Waals surface area (Å²) in [5.41, 5.74) is 3.15. The molecule has 0 radical (unpaired) electrons. The summed E-state index contributed by atoms with van der Waals surface area (Å²) in [6.07, 6.45) is 1.57. The molecule has 0 saturated heterocycles. The third kappa shape index (κ3) is 5.47. The molecule has 0 spiro atoms. The highest BCUT2D eigenvalue weighted by atomic mass is 16.3. The molecule has 2 amide bonds. The molecule has 0 atom stereocenters. The monoisotopic (exact) mass is 363 g/mol. The lowest BCUT2D eigenvalue weighted by atomic mass is 10.2. The maximum absolute atomic E-state index is 12.1. The lowest BCUT2D eigenvalue weighted by Crippen LogP contribution is -2.23. The van der Waals surface area contributed by atoms with Crippen LogP contribution < -0.4 is 16.0 Å². The van der Waals surface area contributed by atoms with Crippen LogP contribution in [-0.2, 0) is 11.3 Å². The van der Waals surface area contributed by atoms with Gasteiger partial charge in [0.2, 0.25) is 5.91 Å². The number of amides is 2. The third-order valence-corrected chi connectivity index (χ3v) is 3.91. The highest BCUT2D eigenvalue weighted by Gasteiger charge is 2.07. The second-order valence-corrected chi connectivity index (χ2v) is 6.11. The summed E-state index contributed by atoms with van der Waals surface area (Å²) in [6.45, 7) is 2.45. The number of rotatable bonds is 7. The van der Waals surface area contributed by atoms with Gasteiger partial charge in [0, 0.05) is 16.9 Å². The van der Waals surface area contributed by atoms with Gasteiger partial charge in [-0.2, -0.15) is 0 Å². The average molecular weight is 363 g/mol. The van der Waals surface area contributed by atoms with E-state index in [2.05, 4.69) is 16.0 Å². The van der Waals surface area contributed by atoms with Crippen LogP contribution in [0.25, 0.3) is 0 Å². The number of hydrogen-bond donors (Lipinski definition) is 3. The van der Waals surface area contributed by atoms with Crippen molar-refractivity contribution in [3.63, 3.8) is 0 Å². The van der Waals surface area contributed by atoms with E-state index in [0.717, 1.165) is 16.9 Å². The zero-order valence-electron chi connectivity index (χ0n) is 15.0. The molecule has 0 saturated carbocycles. The fraction of sp³-hybridized carbons (Fsp3) is 0.143. The Morgan fingerprint density at radius 3 is 2.48 bits per heavy atom. The number of hydrogen-bond acceptors (Lipinski definition) is 4. The lowest BCUT2D eigenvalue weighted by Gasteiger charge is -2.09. The molecule has 3 N–H and O–H groups in total. The number of benzene rings is 2. The Hall–Kier alpha value is -3.54. The van der Waals surface area contributed by atoms with E-state index in [9.17, 15) is 9.59 Å². The maximum atomic E-state index is 12.1. The van der Waals surface area contributed by atoms with E-state index in [-0.39, 0.29) is 18.4 Å². The largest absolute Gasteiger partial charge is 0.467 e. The standard InChI is InChI=1S/C21H21N3O3/c1-15-4-2-5-18(12-15)24-20(25)14-22-17-9-7-16(8-10-17)21(26)23-13-19-6-3-11-27-19/h2-12,22H,13-14H2,1H3,(H,23,26)(H,24,25). The van der Waals surface area contributed by atoms with E-state index >= 15 is 0 Å². The van der Waals surface area contributed by atoms with Crippen molar-refractivity contribution in [2.45, 2.75) is 13.5 Å². The van der Waals surface area contributed by atoms with Gasteiger partial charge in [-0.1, -0.05) is 12.1 Å². The van der Waals surface area contributed by atoms with E-state index in [4.69, 9.17) is 4.42 Å². The predicted octanol–water partition coefficient (Wildman–Crippen LogP) is 3.57. The molecule has 0 bridgehead atoms. The van der Waals surface area contributed by atoms with Gasteiger partial charge in [0.05, 0.1) is 19.4 Å². The highest BCUT2D eigenvalue weighted by molar-refractivity contribution is 5.95. The van der Waals surface area contributed by atoms with Crippen LogP contribution in [0.2, 0.25) is 0 Å². The third-order valence-electron chi connectivity index (χ3n) is 3.91. The number of anilines is 2. The summed E-state index contributed by atoms with van der Waals surface area (Å²) in [5, 5.41) is 8.66. The second kappa shape index (κ2) is 8.71. The van der Waals surface area contributed by atoms with E-state index in [1.54, 1.807) is 42.7 Å². The van der Waals surface area contributed by atoms with Crippen molar-refractivity contribution in [2.24, 2.45) is 0 Å². The van der Waals surface area contributed by atoms with Crippen LogP contribution >= 0.6 is 0 Å². The summed E-state index contributed by atoms with van der Waals surface area (Å²) < 4.78 is 5.18. The quantitative estimate of drug-likeness (QED) is 0.599. The summed E-state index contributed by atoms with van der Waals surface area (Å²) >= 11 is 0. The molecule has 1 aromatic heterocycles. The van der Waals surface area contributed by atoms with Gasteiger partial charge in [0.25, 0.3) is 5.91 Å². The number of nitrogens with one attached hydrogen (secondary N) is 3. The van der Waals surface area contributed by atoms with Crippen LogP contribution in [0, 0.1) is 6.92 Å². The van der Waals surface area contributed by atoms with Gasteiger partial charge in [0.1, 0.15) is 5.76 Å². The molecule has 0 unspecified atom stereocenters. The molecule has 0 aliphatic carbocycles. The number of furan rings is 1. The molecule has 3 rings (SSSR count). The Kier molecular flexibility index (Phi) is 5.89. The maximum Gasteiger partial charge on any atom is 0.251 e. The van der Waals surface area contributed by atoms with Crippen molar-refractivity contribution in [1.82, 2.24) is 5.32 Å². The van der Waals surface area contributed by atoms with E-state index < -0.39 is 0 Å². The Morgan fingerprint density at radius 1 is 0.963 bits per heavy atom. The fourth-order valence-corrected chi connectivity index (χ4v) is 2.53. The average Bonchev–Trinajstić information content (AvgIpc) is 3.18. The van der Waals surface area contributed by atoms with Crippen molar-refractivity contribution in [3.8, 4) is 0 Å². The van der Waals surface area contributed by atoms with E-state index in [1.165, 1.54) is 0 Å². The summed E-state index contributed by atoms with van der Waals surface area (Å²) in [5.74, 6) is 0.372. The molecule has 0 fully saturated rings. The topological polar surface area (TPSA) is 83.4 Å². The van der Waals surface area contributed by atoms with Crippen molar-refractivity contribution in [3.05, 3.63) is 83.8 Å². The van der Waals surface area contributed by atoms with Crippen LogP contribution in [0.5, 0.6) is 0 Å². The molecule has 6 nitrogen and oxygen atoms in total. The Labute approximate surface area is 157 Å². The summed E-state index contributed by atoms with van der Waals surface area (Å²) in [4.78, 5) is 24.1. The smallest absolute Gasteiger partial charge is 0.251 e. The summed E-state index contributed by atoms with van der Waals surface area (Å²) in [7, 11) is 0. The van der Waals surface area contributed by atoms with E-state index in [1.807, 2.05) is 31.2 Å². The molecular formula is C21H21N3O3. The minimum atomic E-state index is -0.185. The molecule has 0 aliphatic heterocycles. The number of carbonyl (C=O) groups excluding carboxylic acids is 2. The van der Waals surface area contributed by atoms with Crippen molar-refractivity contribution < 1.29 is 14.0 Å².